The zero-order valence-corrected chi connectivity index (χ0v) is 14.8. The van der Waals surface area contributed by atoms with Crippen LogP contribution in [0.3, 0.4) is 0 Å². The Balaban J connectivity index is 1.63. The molecule has 11 nitrogen and oxygen atoms in total. The molecule has 5 N–H and O–H groups in total. The summed E-state index contributed by atoms with van der Waals surface area (Å²) in [6.07, 6.45) is 3.26. The van der Waals surface area contributed by atoms with E-state index in [1.807, 2.05) is 6.92 Å². The van der Waals surface area contributed by atoms with Crippen molar-refractivity contribution in [2.75, 3.05) is 13.2 Å². The summed E-state index contributed by atoms with van der Waals surface area (Å²) in [7, 11) is 0. The first-order chi connectivity index (χ1) is 12.9. The van der Waals surface area contributed by atoms with Crippen LogP contribution >= 0.6 is 0 Å². The fourth-order valence-corrected chi connectivity index (χ4v) is 3.34. The van der Waals surface area contributed by atoms with E-state index >= 15 is 0 Å². The molecule has 0 spiro atoms. The third-order valence-electron chi connectivity index (χ3n) is 4.80. The number of imide groups is 1. The van der Waals surface area contributed by atoms with Gasteiger partial charge < -0.3 is 25.7 Å². The number of alkyl carbamates (subject to hydrolysis) is 1. The Morgan fingerprint density at radius 2 is 2.22 bits per heavy atom. The molecule has 2 fully saturated rings. The Hall–Kier alpha value is -2.95. The van der Waals surface area contributed by atoms with Gasteiger partial charge in [0.15, 0.2) is 0 Å². The molecule has 0 radical (unpaired) electrons. The number of amides is 4. The fourth-order valence-electron chi connectivity index (χ4n) is 3.34. The number of aromatic amines is 1. The van der Waals surface area contributed by atoms with Gasteiger partial charge in [0, 0.05) is 24.9 Å². The summed E-state index contributed by atoms with van der Waals surface area (Å²) in [4.78, 5) is 56.7. The number of ether oxygens (including phenoxy) is 1. The first-order valence-corrected chi connectivity index (χ1v) is 8.68. The van der Waals surface area contributed by atoms with Gasteiger partial charge in [0.1, 0.15) is 18.7 Å². The molecular weight excluding hydrogens is 356 g/mol. The molecule has 0 bridgehead atoms. The third kappa shape index (κ3) is 4.08. The predicted octanol–water partition coefficient (Wildman–Crippen LogP) is -1.73. The number of cyclic esters (lactones) is 1. The second kappa shape index (κ2) is 7.74. The standard InChI is InChI=1S/C16H22N6O5/c1-8-2-3-22(15(25)10(17)4-9-5-18-7-19-9)12(8)14(24)21-13(23)11-6-27-16(26)20-11/h5,7-8,10-12H,2-4,6,17H2,1H3,(H,18,19)(H,20,26)(H,21,23,24)/t8-,10-,11-,12-/m0/s1. The van der Waals surface area contributed by atoms with E-state index in [0.717, 1.165) is 5.69 Å². The first kappa shape index (κ1) is 18.8. The highest BCUT2D eigenvalue weighted by Gasteiger charge is 2.42. The second-order valence-corrected chi connectivity index (χ2v) is 6.78. The molecule has 27 heavy (non-hydrogen) atoms. The summed E-state index contributed by atoms with van der Waals surface area (Å²) < 4.78 is 4.64. The minimum absolute atomic E-state index is 0.129. The number of imidazole rings is 1. The Kier molecular flexibility index (Phi) is 5.40. The van der Waals surface area contributed by atoms with Gasteiger partial charge in [0.2, 0.25) is 11.8 Å². The van der Waals surface area contributed by atoms with Gasteiger partial charge in [-0.2, -0.15) is 0 Å². The average molecular weight is 378 g/mol. The maximum Gasteiger partial charge on any atom is 0.407 e. The topological polar surface area (TPSA) is 160 Å². The minimum atomic E-state index is -0.926. The third-order valence-corrected chi connectivity index (χ3v) is 4.80. The van der Waals surface area contributed by atoms with Crippen molar-refractivity contribution in [1.29, 1.82) is 0 Å². The number of nitrogens with one attached hydrogen (secondary N) is 3. The number of nitrogens with zero attached hydrogens (tertiary/aromatic N) is 2. The van der Waals surface area contributed by atoms with Crippen molar-refractivity contribution < 1.29 is 23.9 Å². The number of carbonyl (C=O) groups excluding carboxylic acids is 4. The van der Waals surface area contributed by atoms with Crippen LogP contribution in [0.1, 0.15) is 19.0 Å². The van der Waals surface area contributed by atoms with E-state index in [9.17, 15) is 19.2 Å². The normalized spacial score (nSPS) is 25.6. The Bertz CT molecular complexity index is 736. The summed E-state index contributed by atoms with van der Waals surface area (Å²) in [6, 6.07) is -2.55. The van der Waals surface area contributed by atoms with Crippen LogP contribution in [0.2, 0.25) is 0 Å². The van der Waals surface area contributed by atoms with Crippen molar-refractivity contribution >= 4 is 23.8 Å². The number of H-pyrrole nitrogens is 1. The average Bonchev–Trinajstić information content (AvgIpc) is 3.35. The maximum atomic E-state index is 12.7. The highest BCUT2D eigenvalue weighted by molar-refractivity contribution is 6.03. The lowest BCUT2D eigenvalue weighted by Gasteiger charge is -2.28. The number of likely N-dealkylation sites (tertiary alicyclic amines) is 1. The van der Waals surface area contributed by atoms with Crippen LogP contribution in [-0.4, -0.2) is 70.0 Å². The van der Waals surface area contributed by atoms with Crippen LogP contribution in [0, 0.1) is 5.92 Å². The molecule has 0 saturated carbocycles. The van der Waals surface area contributed by atoms with Gasteiger partial charge in [0.25, 0.3) is 5.91 Å². The zero-order chi connectivity index (χ0) is 19.6. The van der Waals surface area contributed by atoms with Gasteiger partial charge in [0.05, 0.1) is 12.4 Å². The van der Waals surface area contributed by atoms with E-state index in [1.54, 1.807) is 6.20 Å². The minimum Gasteiger partial charge on any atom is -0.447 e. The smallest absolute Gasteiger partial charge is 0.407 e. The van der Waals surface area contributed by atoms with Crippen molar-refractivity contribution in [3.63, 3.8) is 0 Å². The van der Waals surface area contributed by atoms with Crippen LogP contribution < -0.4 is 16.4 Å². The Labute approximate surface area is 155 Å². The molecule has 2 saturated heterocycles. The lowest BCUT2D eigenvalue weighted by Crippen LogP contribution is -2.56. The number of hydrogen-bond donors (Lipinski definition) is 4. The summed E-state index contributed by atoms with van der Waals surface area (Å²) in [5, 5.41) is 4.56. The van der Waals surface area contributed by atoms with E-state index in [1.165, 1.54) is 11.2 Å². The van der Waals surface area contributed by atoms with Crippen molar-refractivity contribution in [2.45, 2.75) is 37.9 Å². The lowest BCUT2D eigenvalue weighted by atomic mass is 10.0. The number of nitrogens with two attached hydrogens (primary N) is 1. The molecule has 0 aliphatic carbocycles. The molecule has 4 atom stereocenters. The van der Waals surface area contributed by atoms with E-state index in [2.05, 4.69) is 25.3 Å². The molecule has 3 rings (SSSR count). The summed E-state index contributed by atoms with van der Waals surface area (Å²) >= 11 is 0. The van der Waals surface area contributed by atoms with Gasteiger partial charge in [-0.25, -0.2) is 9.78 Å². The summed E-state index contributed by atoms with van der Waals surface area (Å²) in [5.41, 5.74) is 6.73. The molecule has 3 heterocycles. The van der Waals surface area contributed by atoms with Crippen molar-refractivity contribution in [3.05, 3.63) is 18.2 Å². The SMILES string of the molecule is C[C@H]1CCN(C(=O)[C@@H](N)Cc2cnc[nH]2)[C@@H]1C(=O)NC(=O)[C@@H]1COC(=O)N1. The Morgan fingerprint density at radius 3 is 2.85 bits per heavy atom. The molecule has 4 amide bonds. The van der Waals surface area contributed by atoms with Crippen LogP contribution in [0.4, 0.5) is 4.79 Å². The van der Waals surface area contributed by atoms with Gasteiger partial charge in [-0.3, -0.25) is 19.7 Å². The number of rotatable bonds is 5. The van der Waals surface area contributed by atoms with Crippen molar-refractivity contribution in [2.24, 2.45) is 11.7 Å². The van der Waals surface area contributed by atoms with Gasteiger partial charge in [-0.1, -0.05) is 6.92 Å². The quantitative estimate of drug-likeness (QED) is 0.443. The molecule has 0 unspecified atom stereocenters. The molecule has 1 aromatic heterocycles. The van der Waals surface area contributed by atoms with E-state index in [4.69, 9.17) is 5.73 Å². The molecule has 146 valence electrons. The summed E-state index contributed by atoms with van der Waals surface area (Å²) in [5.74, 6) is -1.75. The first-order valence-electron chi connectivity index (χ1n) is 8.68. The molecular formula is C16H22N6O5. The fraction of sp³-hybridized carbons (Fsp3) is 0.562. The highest BCUT2D eigenvalue weighted by atomic mass is 16.6. The van der Waals surface area contributed by atoms with Gasteiger partial charge >= 0.3 is 6.09 Å². The number of aromatic nitrogens is 2. The highest BCUT2D eigenvalue weighted by Crippen LogP contribution is 2.25. The lowest BCUT2D eigenvalue weighted by molar-refractivity contribution is -0.142. The largest absolute Gasteiger partial charge is 0.447 e. The monoisotopic (exact) mass is 378 g/mol. The number of hydrogen-bond acceptors (Lipinski definition) is 7. The zero-order valence-electron chi connectivity index (χ0n) is 14.8. The van der Waals surface area contributed by atoms with Crippen LogP contribution in [0.5, 0.6) is 0 Å². The van der Waals surface area contributed by atoms with Crippen LogP contribution in [0.15, 0.2) is 12.5 Å². The predicted molar refractivity (Wildman–Crippen MR) is 91.0 cm³/mol. The number of carbonyl (C=O) groups is 4. The Morgan fingerprint density at radius 1 is 1.44 bits per heavy atom. The molecule has 1 aromatic rings. The molecule has 2 aliphatic heterocycles. The van der Waals surface area contributed by atoms with E-state index in [0.29, 0.717) is 13.0 Å². The van der Waals surface area contributed by atoms with Crippen molar-refractivity contribution in [3.8, 4) is 0 Å². The van der Waals surface area contributed by atoms with E-state index < -0.39 is 36.0 Å². The van der Waals surface area contributed by atoms with Crippen LogP contribution in [-0.2, 0) is 25.5 Å². The van der Waals surface area contributed by atoms with Crippen molar-refractivity contribution in [1.82, 2.24) is 25.5 Å². The van der Waals surface area contributed by atoms with Gasteiger partial charge in [-0.15, -0.1) is 0 Å². The summed E-state index contributed by atoms with van der Waals surface area (Å²) in [6.45, 7) is 2.07. The van der Waals surface area contributed by atoms with E-state index in [-0.39, 0.29) is 24.9 Å². The van der Waals surface area contributed by atoms with Crippen LogP contribution in [0.25, 0.3) is 0 Å². The second-order valence-electron chi connectivity index (χ2n) is 6.78. The molecule has 11 heteroatoms. The maximum absolute atomic E-state index is 12.7. The molecule has 0 aromatic carbocycles. The molecule has 2 aliphatic rings. The van der Waals surface area contributed by atoms with Gasteiger partial charge in [-0.05, 0) is 12.3 Å².